The SMILES string of the molecule is CCCN1C(=O)N(Cc2ccc3ccccc3c2)CC1CCCc1ccc(OC(C)(C)C(=O)O)cc1. The molecule has 4 rings (SSSR count). The fourth-order valence-corrected chi connectivity index (χ4v) is 4.83. The maximum Gasteiger partial charge on any atom is 0.347 e. The number of benzene rings is 3. The van der Waals surface area contributed by atoms with Gasteiger partial charge in [0.15, 0.2) is 5.60 Å². The smallest absolute Gasteiger partial charge is 0.347 e. The number of aryl methyl sites for hydroxylation is 1. The van der Waals surface area contributed by atoms with E-state index < -0.39 is 11.6 Å². The number of carboxylic acids is 1. The van der Waals surface area contributed by atoms with Crippen LogP contribution in [0, 0.1) is 0 Å². The van der Waals surface area contributed by atoms with Gasteiger partial charge in [0.25, 0.3) is 0 Å². The van der Waals surface area contributed by atoms with E-state index in [1.165, 1.54) is 30.2 Å². The molecule has 6 heteroatoms. The van der Waals surface area contributed by atoms with Gasteiger partial charge in [0.05, 0.1) is 6.04 Å². The molecule has 6 nitrogen and oxygen atoms in total. The minimum Gasteiger partial charge on any atom is -0.478 e. The van der Waals surface area contributed by atoms with Crippen molar-refractivity contribution in [1.29, 1.82) is 0 Å². The summed E-state index contributed by atoms with van der Waals surface area (Å²) in [4.78, 5) is 28.5. The highest BCUT2D eigenvalue weighted by molar-refractivity contribution is 5.83. The Bertz CT molecular complexity index is 1210. The largest absolute Gasteiger partial charge is 0.478 e. The lowest BCUT2D eigenvalue weighted by Gasteiger charge is -2.23. The van der Waals surface area contributed by atoms with Crippen LogP contribution in [0.2, 0.25) is 0 Å². The molecule has 1 N–H and O–H groups in total. The molecular weight excluding hydrogens is 452 g/mol. The third-order valence-corrected chi connectivity index (χ3v) is 6.85. The zero-order valence-corrected chi connectivity index (χ0v) is 21.4. The van der Waals surface area contributed by atoms with Gasteiger partial charge in [-0.05, 0) is 79.6 Å². The molecule has 3 aromatic carbocycles. The molecule has 1 atom stereocenters. The Morgan fingerprint density at radius 3 is 2.42 bits per heavy atom. The van der Waals surface area contributed by atoms with Crippen LogP contribution in [0.3, 0.4) is 0 Å². The second kappa shape index (κ2) is 11.0. The molecule has 1 aliphatic heterocycles. The second-order valence-corrected chi connectivity index (χ2v) is 10.1. The number of carboxylic acid groups (broad SMARTS) is 1. The van der Waals surface area contributed by atoms with Gasteiger partial charge in [-0.3, -0.25) is 0 Å². The minimum absolute atomic E-state index is 0.137. The molecule has 1 fully saturated rings. The highest BCUT2D eigenvalue weighted by Crippen LogP contribution is 2.25. The minimum atomic E-state index is -1.27. The maximum atomic E-state index is 13.2. The molecule has 0 radical (unpaired) electrons. The van der Waals surface area contributed by atoms with Crippen molar-refractivity contribution in [1.82, 2.24) is 9.80 Å². The number of hydrogen-bond donors (Lipinski definition) is 1. The number of urea groups is 1. The second-order valence-electron chi connectivity index (χ2n) is 10.1. The summed E-state index contributed by atoms with van der Waals surface area (Å²) in [7, 11) is 0. The number of amides is 2. The van der Waals surface area contributed by atoms with E-state index in [-0.39, 0.29) is 12.1 Å². The summed E-state index contributed by atoms with van der Waals surface area (Å²) in [6, 6.07) is 22.7. The van der Waals surface area contributed by atoms with Crippen molar-refractivity contribution < 1.29 is 19.4 Å². The summed E-state index contributed by atoms with van der Waals surface area (Å²) in [5.41, 5.74) is 1.07. The fourth-order valence-electron chi connectivity index (χ4n) is 4.83. The number of carbonyl (C=O) groups excluding carboxylic acids is 1. The van der Waals surface area contributed by atoms with Gasteiger partial charge in [0.2, 0.25) is 0 Å². The van der Waals surface area contributed by atoms with E-state index in [4.69, 9.17) is 4.74 Å². The quantitative estimate of drug-likeness (QED) is 0.353. The summed E-state index contributed by atoms with van der Waals surface area (Å²) in [5.74, 6) is -0.449. The number of ether oxygens (including phenoxy) is 1. The standard InChI is InChI=1S/C30H36N2O4/c1-4-18-32-26(11-7-8-22-13-16-27(17-14-22)36-30(2,3)28(33)34)21-31(29(32)35)20-23-12-15-24-9-5-6-10-25(24)19-23/h5-6,9-10,12-17,19,26H,4,7-8,11,18,20-21H2,1-3H3,(H,33,34). The lowest BCUT2D eigenvalue weighted by molar-refractivity contribution is -0.152. The molecule has 0 aromatic heterocycles. The zero-order chi connectivity index (χ0) is 25.7. The van der Waals surface area contributed by atoms with Gasteiger partial charge < -0.3 is 19.6 Å². The maximum absolute atomic E-state index is 13.2. The van der Waals surface area contributed by atoms with Crippen LogP contribution in [-0.2, 0) is 17.8 Å². The van der Waals surface area contributed by atoms with Crippen molar-refractivity contribution >= 4 is 22.8 Å². The molecule has 0 bridgehead atoms. The van der Waals surface area contributed by atoms with Crippen LogP contribution in [0.1, 0.15) is 51.2 Å². The highest BCUT2D eigenvalue weighted by atomic mass is 16.5. The van der Waals surface area contributed by atoms with E-state index in [1.807, 2.05) is 46.2 Å². The molecular formula is C30H36N2O4. The normalized spacial score (nSPS) is 16.1. The van der Waals surface area contributed by atoms with E-state index in [0.29, 0.717) is 12.3 Å². The number of nitrogens with zero attached hydrogens (tertiary/aromatic N) is 2. The highest BCUT2D eigenvalue weighted by Gasteiger charge is 2.36. The summed E-state index contributed by atoms with van der Waals surface area (Å²) in [6.07, 6.45) is 3.77. The van der Waals surface area contributed by atoms with E-state index in [9.17, 15) is 14.7 Å². The van der Waals surface area contributed by atoms with Crippen molar-refractivity contribution in [2.75, 3.05) is 13.1 Å². The van der Waals surface area contributed by atoms with Crippen molar-refractivity contribution in [2.24, 2.45) is 0 Å². The average Bonchev–Trinajstić information content (AvgIpc) is 3.14. The number of rotatable bonds is 11. The van der Waals surface area contributed by atoms with Crippen LogP contribution in [0.5, 0.6) is 5.75 Å². The Kier molecular flexibility index (Phi) is 7.82. The van der Waals surface area contributed by atoms with Crippen LogP contribution < -0.4 is 4.74 Å². The first-order valence-electron chi connectivity index (χ1n) is 12.8. The lowest BCUT2D eigenvalue weighted by atomic mass is 10.0. The summed E-state index contributed by atoms with van der Waals surface area (Å²) < 4.78 is 5.59. The molecule has 36 heavy (non-hydrogen) atoms. The first-order valence-corrected chi connectivity index (χ1v) is 12.8. The van der Waals surface area contributed by atoms with Gasteiger partial charge in [-0.25, -0.2) is 9.59 Å². The van der Waals surface area contributed by atoms with Crippen molar-refractivity contribution in [2.45, 2.75) is 64.6 Å². The molecule has 1 saturated heterocycles. The van der Waals surface area contributed by atoms with Crippen LogP contribution >= 0.6 is 0 Å². The van der Waals surface area contributed by atoms with Crippen LogP contribution in [0.4, 0.5) is 4.79 Å². The Balaban J connectivity index is 1.34. The molecule has 2 amide bonds. The van der Waals surface area contributed by atoms with Gasteiger partial charge in [0, 0.05) is 19.6 Å². The summed E-state index contributed by atoms with van der Waals surface area (Å²) in [5, 5.41) is 11.7. The summed E-state index contributed by atoms with van der Waals surface area (Å²) >= 11 is 0. The van der Waals surface area contributed by atoms with E-state index >= 15 is 0 Å². The molecule has 1 aliphatic rings. The van der Waals surface area contributed by atoms with E-state index in [0.717, 1.165) is 44.3 Å². The van der Waals surface area contributed by atoms with Crippen molar-refractivity contribution in [3.63, 3.8) is 0 Å². The van der Waals surface area contributed by atoms with Gasteiger partial charge >= 0.3 is 12.0 Å². The molecule has 3 aromatic rings. The molecule has 0 spiro atoms. The number of hydrogen-bond acceptors (Lipinski definition) is 3. The molecule has 1 unspecified atom stereocenters. The molecule has 190 valence electrons. The number of carbonyl (C=O) groups is 2. The predicted octanol–water partition coefficient (Wildman–Crippen LogP) is 6.12. The Labute approximate surface area is 213 Å². The Morgan fingerprint density at radius 1 is 1.03 bits per heavy atom. The van der Waals surface area contributed by atoms with E-state index in [2.05, 4.69) is 37.3 Å². The van der Waals surface area contributed by atoms with Crippen molar-refractivity contribution in [3.8, 4) is 5.75 Å². The van der Waals surface area contributed by atoms with Gasteiger partial charge in [-0.15, -0.1) is 0 Å². The van der Waals surface area contributed by atoms with Gasteiger partial charge in [-0.2, -0.15) is 0 Å². The van der Waals surface area contributed by atoms with Crippen LogP contribution in [0.25, 0.3) is 10.8 Å². The lowest BCUT2D eigenvalue weighted by Crippen LogP contribution is -2.37. The van der Waals surface area contributed by atoms with Gasteiger partial charge in [0.1, 0.15) is 5.75 Å². The fraction of sp³-hybridized carbons (Fsp3) is 0.400. The zero-order valence-electron chi connectivity index (χ0n) is 21.4. The van der Waals surface area contributed by atoms with E-state index in [1.54, 1.807) is 0 Å². The third-order valence-electron chi connectivity index (χ3n) is 6.85. The molecule has 0 aliphatic carbocycles. The monoisotopic (exact) mass is 488 g/mol. The first-order chi connectivity index (χ1) is 17.3. The Hall–Kier alpha value is -3.54. The summed E-state index contributed by atoms with van der Waals surface area (Å²) in [6.45, 7) is 7.36. The third kappa shape index (κ3) is 5.99. The number of fused-ring (bicyclic) bond motifs is 1. The predicted molar refractivity (Wildman–Crippen MR) is 142 cm³/mol. The topological polar surface area (TPSA) is 70.1 Å². The van der Waals surface area contributed by atoms with Crippen LogP contribution in [-0.4, -0.2) is 51.6 Å². The van der Waals surface area contributed by atoms with Crippen molar-refractivity contribution in [3.05, 3.63) is 77.9 Å². The van der Waals surface area contributed by atoms with Crippen LogP contribution in [0.15, 0.2) is 66.7 Å². The average molecular weight is 489 g/mol. The molecule has 1 heterocycles. The number of aliphatic carboxylic acids is 1. The van der Waals surface area contributed by atoms with Gasteiger partial charge in [-0.1, -0.05) is 55.5 Å². The first kappa shape index (κ1) is 25.5. The Morgan fingerprint density at radius 2 is 1.72 bits per heavy atom. The molecule has 0 saturated carbocycles.